The third-order valence-corrected chi connectivity index (χ3v) is 5.62. The van der Waals surface area contributed by atoms with Gasteiger partial charge in [-0.1, -0.05) is 12.2 Å². The molecule has 5 aliphatic rings. The number of hydrogen-bond donors (Lipinski definition) is 0. The van der Waals surface area contributed by atoms with Gasteiger partial charge in [-0.15, -0.1) is 0 Å². The van der Waals surface area contributed by atoms with Crippen molar-refractivity contribution >= 4 is 0 Å². The lowest BCUT2D eigenvalue weighted by Crippen LogP contribution is -2.40. The molecule has 1 saturated heterocycles. The van der Waals surface area contributed by atoms with Gasteiger partial charge in [0, 0.05) is 12.6 Å². The van der Waals surface area contributed by atoms with E-state index in [4.69, 9.17) is 0 Å². The minimum absolute atomic E-state index is 0.832. The largest absolute Gasteiger partial charge is 0.303 e. The van der Waals surface area contributed by atoms with Crippen molar-refractivity contribution in [2.24, 2.45) is 35.5 Å². The predicted molar refractivity (Wildman–Crippen MR) is 56.8 cm³/mol. The maximum atomic E-state index is 2.59. The third-order valence-electron chi connectivity index (χ3n) is 5.62. The van der Waals surface area contributed by atoms with E-state index in [1.807, 2.05) is 0 Å². The van der Waals surface area contributed by atoms with Crippen LogP contribution in [-0.4, -0.2) is 24.5 Å². The summed E-state index contributed by atoms with van der Waals surface area (Å²) in [5.74, 6) is 6.12. The van der Waals surface area contributed by atoms with E-state index >= 15 is 0 Å². The van der Waals surface area contributed by atoms with E-state index in [1.165, 1.54) is 6.54 Å². The van der Waals surface area contributed by atoms with Crippen molar-refractivity contribution in [2.75, 3.05) is 13.6 Å². The molecule has 76 valence electrons. The van der Waals surface area contributed by atoms with Gasteiger partial charge in [-0.25, -0.2) is 0 Å². The minimum Gasteiger partial charge on any atom is -0.303 e. The van der Waals surface area contributed by atoms with Crippen LogP contribution in [0.5, 0.6) is 0 Å². The molecule has 7 unspecified atom stereocenters. The molecule has 2 saturated carbocycles. The molecule has 0 spiro atoms. The summed E-state index contributed by atoms with van der Waals surface area (Å²) < 4.78 is 0. The normalized spacial score (nSPS) is 64.0. The van der Waals surface area contributed by atoms with Crippen LogP contribution >= 0.6 is 0 Å². The fourth-order valence-electron chi connectivity index (χ4n) is 4.79. The zero-order chi connectivity index (χ0) is 9.45. The molecule has 1 nitrogen and oxygen atoms in total. The van der Waals surface area contributed by atoms with Gasteiger partial charge in [0.2, 0.25) is 0 Å². The van der Waals surface area contributed by atoms with Crippen molar-refractivity contribution < 1.29 is 0 Å². The minimum atomic E-state index is 0.832. The van der Waals surface area contributed by atoms with Crippen LogP contribution in [0.3, 0.4) is 0 Å². The van der Waals surface area contributed by atoms with E-state index < -0.39 is 0 Å². The molecule has 14 heavy (non-hydrogen) atoms. The molecular formula is C13H19N. The number of nitrogens with zero attached hydrogens (tertiary/aromatic N) is 1. The van der Waals surface area contributed by atoms with Crippen LogP contribution < -0.4 is 0 Å². The Morgan fingerprint density at radius 3 is 2.64 bits per heavy atom. The molecule has 1 aliphatic heterocycles. The highest BCUT2D eigenvalue weighted by Gasteiger charge is 2.62. The summed E-state index contributed by atoms with van der Waals surface area (Å²) in [6.45, 7) is 3.80. The van der Waals surface area contributed by atoms with Gasteiger partial charge in [-0.2, -0.15) is 0 Å². The molecule has 0 N–H and O–H groups in total. The number of likely N-dealkylation sites (tertiary alicyclic amines) is 1. The summed E-state index contributed by atoms with van der Waals surface area (Å²) in [7, 11) is 2.31. The lowest BCUT2D eigenvalue weighted by molar-refractivity contribution is 0.135. The van der Waals surface area contributed by atoms with Gasteiger partial charge >= 0.3 is 0 Å². The summed E-state index contributed by atoms with van der Waals surface area (Å²) in [5, 5.41) is 0. The van der Waals surface area contributed by atoms with Crippen molar-refractivity contribution in [3.63, 3.8) is 0 Å². The molecule has 7 atom stereocenters. The molecule has 5 rings (SSSR count). The Morgan fingerprint density at radius 1 is 1.07 bits per heavy atom. The first-order valence-electron chi connectivity index (χ1n) is 6.16. The van der Waals surface area contributed by atoms with E-state index in [9.17, 15) is 0 Å². The second-order valence-electron chi connectivity index (χ2n) is 6.02. The van der Waals surface area contributed by atoms with Crippen LogP contribution in [0.25, 0.3) is 0 Å². The maximum Gasteiger partial charge on any atom is 0.0101 e. The van der Waals surface area contributed by atoms with Crippen molar-refractivity contribution in [1.82, 2.24) is 4.90 Å². The smallest absolute Gasteiger partial charge is 0.0101 e. The van der Waals surface area contributed by atoms with Crippen molar-refractivity contribution in [2.45, 2.75) is 19.4 Å². The van der Waals surface area contributed by atoms with Crippen LogP contribution in [0.15, 0.2) is 12.2 Å². The molecule has 2 bridgehead atoms. The Labute approximate surface area is 86.2 Å². The van der Waals surface area contributed by atoms with Gasteiger partial charge in [-0.05, 0) is 55.9 Å². The quantitative estimate of drug-likeness (QED) is 0.527. The van der Waals surface area contributed by atoms with Crippen LogP contribution in [-0.2, 0) is 0 Å². The molecule has 3 fully saturated rings. The standard InChI is InChI=1S/C13H19N/c1-7-13-9-4-3-8(10-5-11(9)10)12(13)6-14(7)2/h3-4,7-13H,5-6H2,1-2H3. The lowest BCUT2D eigenvalue weighted by atomic mass is 9.62. The number of hydrogen-bond acceptors (Lipinski definition) is 1. The van der Waals surface area contributed by atoms with Crippen molar-refractivity contribution in [3.05, 3.63) is 12.2 Å². The van der Waals surface area contributed by atoms with Gasteiger partial charge in [0.15, 0.2) is 0 Å². The second-order valence-corrected chi connectivity index (χ2v) is 6.02. The molecular weight excluding hydrogens is 170 g/mol. The van der Waals surface area contributed by atoms with Gasteiger partial charge in [0.05, 0.1) is 0 Å². The average molecular weight is 189 g/mol. The highest BCUT2D eigenvalue weighted by molar-refractivity contribution is 5.23. The third kappa shape index (κ3) is 0.735. The highest BCUT2D eigenvalue weighted by Crippen LogP contribution is 2.65. The summed E-state index contributed by atoms with van der Waals surface area (Å²) in [6.07, 6.45) is 6.67. The van der Waals surface area contributed by atoms with E-state index in [0.717, 1.165) is 41.5 Å². The topological polar surface area (TPSA) is 3.24 Å². The molecule has 0 aromatic heterocycles. The molecule has 4 aliphatic carbocycles. The van der Waals surface area contributed by atoms with E-state index in [1.54, 1.807) is 6.42 Å². The number of allylic oxidation sites excluding steroid dienone is 2. The van der Waals surface area contributed by atoms with Gasteiger partial charge < -0.3 is 4.90 Å². The first kappa shape index (κ1) is 7.92. The van der Waals surface area contributed by atoms with Crippen LogP contribution in [0.1, 0.15) is 13.3 Å². The molecule has 1 heterocycles. The SMILES string of the molecule is CC1C2C3C=CC(C4CC34)C2CN1C. The average Bonchev–Trinajstić information content (AvgIpc) is 2.93. The molecule has 0 aromatic carbocycles. The van der Waals surface area contributed by atoms with Crippen LogP contribution in [0, 0.1) is 35.5 Å². The van der Waals surface area contributed by atoms with Crippen LogP contribution in [0.2, 0.25) is 0 Å². The van der Waals surface area contributed by atoms with E-state index in [-0.39, 0.29) is 0 Å². The zero-order valence-electron chi connectivity index (χ0n) is 9.06. The monoisotopic (exact) mass is 189 g/mol. The van der Waals surface area contributed by atoms with Gasteiger partial charge in [0.25, 0.3) is 0 Å². The van der Waals surface area contributed by atoms with Gasteiger partial charge in [0.1, 0.15) is 0 Å². The fraction of sp³-hybridized carbons (Fsp3) is 0.846. The maximum absolute atomic E-state index is 2.59. The predicted octanol–water partition coefficient (Wildman–Crippen LogP) is 2.00. The Morgan fingerprint density at radius 2 is 1.79 bits per heavy atom. The summed E-state index contributed by atoms with van der Waals surface area (Å²) in [6, 6.07) is 0.832. The molecule has 0 aromatic rings. The lowest BCUT2D eigenvalue weighted by Gasteiger charge is -2.42. The van der Waals surface area contributed by atoms with Crippen molar-refractivity contribution in [3.8, 4) is 0 Å². The molecule has 1 heteroatoms. The first-order valence-corrected chi connectivity index (χ1v) is 6.16. The first-order chi connectivity index (χ1) is 6.77. The number of rotatable bonds is 0. The highest BCUT2D eigenvalue weighted by atomic mass is 15.2. The summed E-state index contributed by atoms with van der Waals surface area (Å²) in [4.78, 5) is 2.59. The van der Waals surface area contributed by atoms with E-state index in [2.05, 4.69) is 31.0 Å². The Kier molecular flexibility index (Phi) is 1.28. The second kappa shape index (κ2) is 2.27. The summed E-state index contributed by atoms with van der Waals surface area (Å²) >= 11 is 0. The fourth-order valence-corrected chi connectivity index (χ4v) is 4.79. The van der Waals surface area contributed by atoms with Crippen molar-refractivity contribution in [1.29, 1.82) is 0 Å². The van der Waals surface area contributed by atoms with Crippen LogP contribution in [0.4, 0.5) is 0 Å². The molecule has 0 amide bonds. The molecule has 0 radical (unpaired) electrons. The Balaban J connectivity index is 1.78. The zero-order valence-corrected chi connectivity index (χ0v) is 9.06. The Hall–Kier alpha value is -0.300. The Bertz CT molecular complexity index is 308. The van der Waals surface area contributed by atoms with E-state index in [0.29, 0.717) is 0 Å². The summed E-state index contributed by atoms with van der Waals surface area (Å²) in [5.41, 5.74) is 0. The van der Waals surface area contributed by atoms with Gasteiger partial charge in [-0.3, -0.25) is 0 Å².